The number of aryl methyl sites for hydroxylation is 1. The number of fused-ring (bicyclic) bond motifs is 2. The molecular formula is C23H18N4O2. The van der Waals surface area contributed by atoms with Gasteiger partial charge in [-0.05, 0) is 47.7 Å². The van der Waals surface area contributed by atoms with E-state index < -0.39 is 6.10 Å². The molecule has 2 aromatic carbocycles. The molecule has 2 aromatic heterocycles. The van der Waals surface area contributed by atoms with Crippen LogP contribution in [0.3, 0.4) is 0 Å². The zero-order valence-electron chi connectivity index (χ0n) is 15.8. The van der Waals surface area contributed by atoms with Gasteiger partial charge in [0.15, 0.2) is 5.65 Å². The molecule has 1 aliphatic carbocycles. The second-order valence-electron chi connectivity index (χ2n) is 7.10. The van der Waals surface area contributed by atoms with Crippen LogP contribution < -0.4 is 4.74 Å². The van der Waals surface area contributed by atoms with Gasteiger partial charge in [0, 0.05) is 18.0 Å². The zero-order chi connectivity index (χ0) is 20.0. The van der Waals surface area contributed by atoms with Crippen LogP contribution in [0.4, 0.5) is 0 Å². The van der Waals surface area contributed by atoms with E-state index in [1.54, 1.807) is 25.4 Å². The second-order valence-corrected chi connectivity index (χ2v) is 7.10. The fraction of sp³-hybridized carbons (Fsp3) is 0.174. The summed E-state index contributed by atoms with van der Waals surface area (Å²) in [6.45, 7) is 0. The van der Waals surface area contributed by atoms with Crippen molar-refractivity contribution in [2.24, 2.45) is 0 Å². The van der Waals surface area contributed by atoms with Gasteiger partial charge >= 0.3 is 6.01 Å². The topological polar surface area (TPSA) is 83.4 Å². The molecule has 4 aromatic rings. The monoisotopic (exact) mass is 382 g/mol. The van der Waals surface area contributed by atoms with Crippen LogP contribution in [0.2, 0.25) is 0 Å². The average molecular weight is 382 g/mol. The van der Waals surface area contributed by atoms with E-state index >= 15 is 0 Å². The molecule has 0 fully saturated rings. The van der Waals surface area contributed by atoms with Gasteiger partial charge in [-0.25, -0.2) is 4.98 Å². The maximum absolute atomic E-state index is 10.4. The number of hydrogen-bond acceptors (Lipinski definition) is 5. The Hall–Kier alpha value is -3.69. The van der Waals surface area contributed by atoms with Gasteiger partial charge in [-0.1, -0.05) is 24.3 Å². The van der Waals surface area contributed by atoms with Gasteiger partial charge in [-0.2, -0.15) is 10.2 Å². The van der Waals surface area contributed by atoms with Crippen molar-refractivity contribution in [2.75, 3.05) is 7.11 Å². The van der Waals surface area contributed by atoms with E-state index in [2.05, 4.69) is 23.2 Å². The third kappa shape index (κ3) is 2.75. The van der Waals surface area contributed by atoms with Crippen molar-refractivity contribution in [1.82, 2.24) is 14.4 Å². The van der Waals surface area contributed by atoms with E-state index in [9.17, 15) is 5.11 Å². The van der Waals surface area contributed by atoms with Gasteiger partial charge in [-0.15, -0.1) is 0 Å². The quantitative estimate of drug-likeness (QED) is 0.581. The molecule has 0 amide bonds. The summed E-state index contributed by atoms with van der Waals surface area (Å²) in [5, 5.41) is 19.5. The van der Waals surface area contributed by atoms with Crippen LogP contribution in [-0.2, 0) is 6.42 Å². The number of nitrogens with zero attached hydrogens (tertiary/aromatic N) is 4. The summed E-state index contributed by atoms with van der Waals surface area (Å²) in [7, 11) is 1.58. The number of hydrogen-bond donors (Lipinski definition) is 1. The molecule has 1 atom stereocenters. The molecule has 1 unspecified atom stereocenters. The first kappa shape index (κ1) is 17.4. The molecule has 142 valence electrons. The van der Waals surface area contributed by atoms with Crippen LogP contribution >= 0.6 is 0 Å². The van der Waals surface area contributed by atoms with Gasteiger partial charge in [-0.3, -0.25) is 4.40 Å². The van der Waals surface area contributed by atoms with Gasteiger partial charge in [0.05, 0.1) is 36.1 Å². The van der Waals surface area contributed by atoms with E-state index in [-0.39, 0.29) is 0 Å². The first-order valence-electron chi connectivity index (χ1n) is 9.42. The van der Waals surface area contributed by atoms with Crippen LogP contribution in [0.15, 0.2) is 54.9 Å². The number of aliphatic hydroxyl groups excluding tert-OH is 1. The van der Waals surface area contributed by atoms with Crippen LogP contribution in [0.1, 0.15) is 29.2 Å². The highest BCUT2D eigenvalue weighted by molar-refractivity contribution is 5.90. The smallest absolute Gasteiger partial charge is 0.302 e. The molecule has 0 saturated carbocycles. The molecule has 0 aliphatic heterocycles. The maximum Gasteiger partial charge on any atom is 0.302 e. The highest BCUT2D eigenvalue weighted by Crippen LogP contribution is 2.39. The minimum absolute atomic E-state index is 0.432. The highest BCUT2D eigenvalue weighted by Gasteiger charge is 2.24. The molecule has 29 heavy (non-hydrogen) atoms. The molecule has 0 spiro atoms. The molecule has 0 radical (unpaired) electrons. The third-order valence-electron chi connectivity index (χ3n) is 5.47. The number of aliphatic hydroxyl groups is 1. The maximum atomic E-state index is 10.4. The lowest BCUT2D eigenvalue weighted by Crippen LogP contribution is -2.02. The molecule has 1 N–H and O–H groups in total. The van der Waals surface area contributed by atoms with Gasteiger partial charge in [0.1, 0.15) is 0 Å². The van der Waals surface area contributed by atoms with E-state index in [1.165, 1.54) is 5.56 Å². The molecule has 0 bridgehead atoms. The Morgan fingerprint density at radius 2 is 1.97 bits per heavy atom. The molecule has 2 heterocycles. The first-order valence-corrected chi connectivity index (χ1v) is 9.42. The fourth-order valence-electron chi connectivity index (χ4n) is 4.01. The van der Waals surface area contributed by atoms with Crippen molar-refractivity contribution in [3.05, 3.63) is 71.5 Å². The standard InChI is InChI=1S/C23H18N4O2/c1-29-23-26-21(16-4-2-14(13-24)3-5-16)20(22-25-10-11-27(22)23)17-7-6-15-8-9-19(28)18(15)12-17/h2-7,10-12,19,28H,8-9H2,1H3. The van der Waals surface area contributed by atoms with Crippen LogP contribution in [0.5, 0.6) is 6.01 Å². The van der Waals surface area contributed by atoms with Crippen molar-refractivity contribution >= 4 is 5.65 Å². The normalized spacial score (nSPS) is 15.3. The minimum atomic E-state index is -0.440. The Balaban J connectivity index is 1.80. The van der Waals surface area contributed by atoms with Gasteiger partial charge < -0.3 is 9.84 Å². The number of imidazole rings is 1. The summed E-state index contributed by atoms with van der Waals surface area (Å²) in [4.78, 5) is 9.33. The molecular weight excluding hydrogens is 364 g/mol. The molecule has 6 nitrogen and oxygen atoms in total. The van der Waals surface area contributed by atoms with Crippen LogP contribution in [0.25, 0.3) is 28.0 Å². The Morgan fingerprint density at radius 3 is 2.72 bits per heavy atom. The van der Waals surface area contributed by atoms with Crippen LogP contribution in [-0.4, -0.2) is 26.6 Å². The lowest BCUT2D eigenvalue weighted by molar-refractivity contribution is 0.180. The van der Waals surface area contributed by atoms with Crippen molar-refractivity contribution in [3.8, 4) is 34.5 Å². The lowest BCUT2D eigenvalue weighted by Gasteiger charge is -2.15. The largest absolute Gasteiger partial charge is 0.468 e. The number of rotatable bonds is 3. The summed E-state index contributed by atoms with van der Waals surface area (Å²) in [5.74, 6) is 0. The summed E-state index contributed by atoms with van der Waals surface area (Å²) >= 11 is 0. The van der Waals surface area contributed by atoms with Crippen molar-refractivity contribution in [2.45, 2.75) is 18.9 Å². The fourth-order valence-corrected chi connectivity index (χ4v) is 4.01. The molecule has 5 rings (SSSR count). The Kier molecular flexibility index (Phi) is 4.04. The molecule has 1 aliphatic rings. The molecule has 6 heteroatoms. The summed E-state index contributed by atoms with van der Waals surface area (Å²) in [5.41, 5.74) is 6.85. The average Bonchev–Trinajstić information content (AvgIpc) is 3.40. The number of aromatic nitrogens is 3. The SMILES string of the molecule is COc1nc(-c2ccc(C#N)cc2)c(-c2ccc3c(c2)C(O)CC3)c2nccn12. The van der Waals surface area contributed by atoms with Crippen molar-refractivity contribution < 1.29 is 9.84 Å². The molecule has 0 saturated heterocycles. The highest BCUT2D eigenvalue weighted by atomic mass is 16.5. The number of benzene rings is 2. The first-order chi connectivity index (χ1) is 14.2. The van der Waals surface area contributed by atoms with Crippen LogP contribution in [0, 0.1) is 11.3 Å². The lowest BCUT2D eigenvalue weighted by atomic mass is 9.96. The van der Waals surface area contributed by atoms with Crippen molar-refractivity contribution in [1.29, 1.82) is 5.26 Å². The predicted molar refractivity (Wildman–Crippen MR) is 108 cm³/mol. The third-order valence-corrected chi connectivity index (χ3v) is 5.47. The minimum Gasteiger partial charge on any atom is -0.468 e. The van der Waals surface area contributed by atoms with Crippen molar-refractivity contribution in [3.63, 3.8) is 0 Å². The summed E-state index contributed by atoms with van der Waals surface area (Å²) in [6.07, 6.45) is 4.73. The number of nitriles is 1. The summed E-state index contributed by atoms with van der Waals surface area (Å²) < 4.78 is 7.31. The zero-order valence-corrected chi connectivity index (χ0v) is 15.8. The van der Waals surface area contributed by atoms with E-state index in [4.69, 9.17) is 15.0 Å². The van der Waals surface area contributed by atoms with Gasteiger partial charge in [0.25, 0.3) is 0 Å². The van der Waals surface area contributed by atoms with E-state index in [0.29, 0.717) is 11.6 Å². The van der Waals surface area contributed by atoms with E-state index in [0.717, 1.165) is 46.4 Å². The van der Waals surface area contributed by atoms with E-state index in [1.807, 2.05) is 28.8 Å². The Morgan fingerprint density at radius 1 is 1.17 bits per heavy atom. The number of methoxy groups -OCH3 is 1. The second kappa shape index (κ2) is 6.73. The summed E-state index contributed by atoms with van der Waals surface area (Å²) in [6, 6.07) is 16.1. The Bertz CT molecular complexity index is 1270. The van der Waals surface area contributed by atoms with Gasteiger partial charge in [0.2, 0.25) is 0 Å². The Labute approximate surface area is 167 Å². The predicted octanol–water partition coefficient (Wildman–Crippen LogP) is 3.92. The number of ether oxygens (including phenoxy) is 1.